The van der Waals surface area contributed by atoms with Crippen LogP contribution in [0.15, 0.2) is 18.5 Å². The molecule has 1 aliphatic heterocycles. The summed E-state index contributed by atoms with van der Waals surface area (Å²) in [4.78, 5) is 13.6. The number of halogens is 2. The second-order valence-electron chi connectivity index (χ2n) is 6.89. The SMILES string of the molecule is CN(C)c1ncc(-c2nc(NC3CCN(S(C)(=O)=O)CC3)ncc2F)cc1F. The fourth-order valence-electron chi connectivity index (χ4n) is 3.04. The van der Waals surface area contributed by atoms with Gasteiger partial charge in [0.2, 0.25) is 16.0 Å². The monoisotopic (exact) mass is 412 g/mol. The Labute approximate surface area is 162 Å². The van der Waals surface area contributed by atoms with Crippen molar-refractivity contribution in [3.05, 3.63) is 30.1 Å². The van der Waals surface area contributed by atoms with Gasteiger partial charge >= 0.3 is 0 Å². The number of hydrogen-bond acceptors (Lipinski definition) is 7. The summed E-state index contributed by atoms with van der Waals surface area (Å²) in [5.41, 5.74) is 0.153. The number of anilines is 2. The van der Waals surface area contributed by atoms with Crippen LogP contribution in [0.25, 0.3) is 11.3 Å². The van der Waals surface area contributed by atoms with Crippen molar-refractivity contribution in [3.8, 4) is 11.3 Å². The van der Waals surface area contributed by atoms with Crippen molar-refractivity contribution in [1.29, 1.82) is 0 Å². The average molecular weight is 412 g/mol. The molecule has 28 heavy (non-hydrogen) atoms. The Balaban J connectivity index is 1.77. The Morgan fingerprint density at radius 2 is 1.82 bits per heavy atom. The minimum absolute atomic E-state index is 0.0395. The number of nitrogens with one attached hydrogen (secondary N) is 1. The number of aromatic nitrogens is 3. The molecule has 0 aromatic carbocycles. The number of nitrogens with zero attached hydrogens (tertiary/aromatic N) is 5. The second kappa shape index (κ2) is 7.92. The van der Waals surface area contributed by atoms with Gasteiger partial charge in [0.05, 0.1) is 12.5 Å². The van der Waals surface area contributed by atoms with E-state index in [-0.39, 0.29) is 29.1 Å². The van der Waals surface area contributed by atoms with E-state index in [4.69, 9.17) is 0 Å². The topological polar surface area (TPSA) is 91.3 Å². The normalized spacial score (nSPS) is 16.2. The fraction of sp³-hybridized carbons (Fsp3) is 0.471. The van der Waals surface area contributed by atoms with E-state index in [1.807, 2.05) is 0 Å². The highest BCUT2D eigenvalue weighted by molar-refractivity contribution is 7.88. The van der Waals surface area contributed by atoms with Gasteiger partial charge in [-0.1, -0.05) is 0 Å². The average Bonchev–Trinajstić information content (AvgIpc) is 2.62. The van der Waals surface area contributed by atoms with Crippen LogP contribution in [-0.4, -0.2) is 67.2 Å². The summed E-state index contributed by atoms with van der Waals surface area (Å²) < 4.78 is 53.0. The fourth-order valence-corrected chi connectivity index (χ4v) is 3.92. The van der Waals surface area contributed by atoms with E-state index in [1.54, 1.807) is 14.1 Å². The third-order valence-electron chi connectivity index (χ3n) is 4.52. The predicted octanol–water partition coefficient (Wildman–Crippen LogP) is 1.72. The molecule has 1 saturated heterocycles. The summed E-state index contributed by atoms with van der Waals surface area (Å²) in [6.45, 7) is 0.789. The van der Waals surface area contributed by atoms with Crippen LogP contribution in [0.2, 0.25) is 0 Å². The zero-order valence-corrected chi connectivity index (χ0v) is 16.7. The van der Waals surface area contributed by atoms with Gasteiger partial charge in [0.25, 0.3) is 0 Å². The lowest BCUT2D eigenvalue weighted by molar-refractivity contribution is 0.331. The number of sulfonamides is 1. The van der Waals surface area contributed by atoms with Crippen LogP contribution in [-0.2, 0) is 10.0 Å². The Hall–Kier alpha value is -2.40. The van der Waals surface area contributed by atoms with Crippen LogP contribution >= 0.6 is 0 Å². The molecule has 11 heteroatoms. The van der Waals surface area contributed by atoms with Gasteiger partial charge in [-0.25, -0.2) is 36.5 Å². The Morgan fingerprint density at radius 3 is 2.39 bits per heavy atom. The van der Waals surface area contributed by atoms with E-state index in [9.17, 15) is 17.2 Å². The van der Waals surface area contributed by atoms with E-state index < -0.39 is 21.7 Å². The van der Waals surface area contributed by atoms with E-state index in [0.717, 1.165) is 6.20 Å². The maximum absolute atomic E-state index is 14.2. The summed E-state index contributed by atoms with van der Waals surface area (Å²) in [6, 6.07) is 1.14. The number of rotatable bonds is 5. The molecule has 0 amide bonds. The first-order valence-corrected chi connectivity index (χ1v) is 10.6. The number of piperidine rings is 1. The van der Waals surface area contributed by atoms with Crippen molar-refractivity contribution in [2.24, 2.45) is 0 Å². The van der Waals surface area contributed by atoms with Crippen molar-refractivity contribution in [3.63, 3.8) is 0 Å². The van der Waals surface area contributed by atoms with Crippen LogP contribution in [0, 0.1) is 11.6 Å². The van der Waals surface area contributed by atoms with E-state index in [2.05, 4.69) is 20.3 Å². The van der Waals surface area contributed by atoms with Gasteiger partial charge in [0.1, 0.15) is 5.69 Å². The molecule has 0 unspecified atom stereocenters. The van der Waals surface area contributed by atoms with Crippen molar-refractivity contribution in [2.75, 3.05) is 43.7 Å². The van der Waals surface area contributed by atoms with Crippen LogP contribution in [0.3, 0.4) is 0 Å². The van der Waals surface area contributed by atoms with E-state index in [0.29, 0.717) is 25.9 Å². The molecule has 152 valence electrons. The minimum atomic E-state index is -3.21. The highest BCUT2D eigenvalue weighted by atomic mass is 32.2. The summed E-state index contributed by atoms with van der Waals surface area (Å²) in [6.07, 6.45) is 4.73. The lowest BCUT2D eigenvalue weighted by Crippen LogP contribution is -2.42. The van der Waals surface area contributed by atoms with Gasteiger partial charge in [0, 0.05) is 45.0 Å². The first-order chi connectivity index (χ1) is 13.1. The van der Waals surface area contributed by atoms with Crippen LogP contribution in [0.5, 0.6) is 0 Å². The van der Waals surface area contributed by atoms with Gasteiger partial charge in [-0.3, -0.25) is 0 Å². The molecule has 2 aromatic heterocycles. The van der Waals surface area contributed by atoms with E-state index >= 15 is 0 Å². The molecule has 0 spiro atoms. The number of pyridine rings is 1. The molecule has 0 bridgehead atoms. The molecule has 0 radical (unpaired) electrons. The van der Waals surface area contributed by atoms with Gasteiger partial charge in [-0.05, 0) is 18.9 Å². The first kappa shape index (κ1) is 20.3. The molecular formula is C17H22F2N6O2S. The maximum atomic E-state index is 14.2. The molecular weight excluding hydrogens is 390 g/mol. The number of hydrogen-bond donors (Lipinski definition) is 1. The molecule has 0 saturated carbocycles. The third-order valence-corrected chi connectivity index (χ3v) is 5.82. The lowest BCUT2D eigenvalue weighted by atomic mass is 10.1. The zero-order valence-electron chi connectivity index (χ0n) is 15.9. The Morgan fingerprint density at radius 1 is 1.14 bits per heavy atom. The first-order valence-electron chi connectivity index (χ1n) is 8.72. The van der Waals surface area contributed by atoms with Gasteiger partial charge in [-0.15, -0.1) is 0 Å². The van der Waals surface area contributed by atoms with Gasteiger partial charge < -0.3 is 10.2 Å². The zero-order chi connectivity index (χ0) is 20.5. The minimum Gasteiger partial charge on any atom is -0.360 e. The summed E-state index contributed by atoms with van der Waals surface area (Å²) >= 11 is 0. The largest absolute Gasteiger partial charge is 0.360 e. The molecule has 0 atom stereocenters. The van der Waals surface area contributed by atoms with Crippen molar-refractivity contribution >= 4 is 21.8 Å². The second-order valence-corrected chi connectivity index (χ2v) is 8.88. The Kier molecular flexibility index (Phi) is 5.75. The van der Waals surface area contributed by atoms with Crippen LogP contribution in [0.4, 0.5) is 20.5 Å². The highest BCUT2D eigenvalue weighted by Crippen LogP contribution is 2.25. The standard InChI is InChI=1S/C17H22F2N6O2S/c1-24(2)16-13(18)8-11(9-20-16)15-14(19)10-21-17(23-15)22-12-4-6-25(7-5-12)28(3,26)27/h8-10,12H,4-7H2,1-3H3,(H,21,22,23). The smallest absolute Gasteiger partial charge is 0.223 e. The highest BCUT2D eigenvalue weighted by Gasteiger charge is 2.25. The van der Waals surface area contributed by atoms with Crippen molar-refractivity contribution < 1.29 is 17.2 Å². The van der Waals surface area contributed by atoms with Gasteiger partial charge in [-0.2, -0.15) is 0 Å². The summed E-state index contributed by atoms with van der Waals surface area (Å²) in [5, 5.41) is 3.10. The van der Waals surface area contributed by atoms with Crippen LogP contribution < -0.4 is 10.2 Å². The molecule has 3 rings (SSSR count). The van der Waals surface area contributed by atoms with Crippen molar-refractivity contribution in [2.45, 2.75) is 18.9 Å². The molecule has 1 aliphatic rings. The van der Waals surface area contributed by atoms with E-state index in [1.165, 1.54) is 27.7 Å². The molecule has 2 aromatic rings. The van der Waals surface area contributed by atoms with Crippen molar-refractivity contribution in [1.82, 2.24) is 19.3 Å². The quantitative estimate of drug-likeness (QED) is 0.800. The molecule has 1 N–H and O–H groups in total. The summed E-state index contributed by atoms with van der Waals surface area (Å²) in [7, 11) is 0.115. The third kappa shape index (κ3) is 4.53. The molecule has 1 fully saturated rings. The Bertz CT molecular complexity index is 962. The maximum Gasteiger partial charge on any atom is 0.223 e. The lowest BCUT2D eigenvalue weighted by Gasteiger charge is -2.30. The van der Waals surface area contributed by atoms with Crippen LogP contribution in [0.1, 0.15) is 12.8 Å². The predicted molar refractivity (Wildman–Crippen MR) is 103 cm³/mol. The molecule has 8 nitrogen and oxygen atoms in total. The summed E-state index contributed by atoms with van der Waals surface area (Å²) in [5.74, 6) is -0.917. The molecule has 0 aliphatic carbocycles. The van der Waals surface area contributed by atoms with Gasteiger partial charge in [0.15, 0.2) is 17.5 Å². The molecule has 3 heterocycles.